The molecule has 118 valence electrons. The minimum Gasteiger partial charge on any atom is -0.454 e. The number of fused-ring (bicyclic) bond motifs is 1. The van der Waals surface area contributed by atoms with Crippen LogP contribution in [0, 0.1) is 0 Å². The van der Waals surface area contributed by atoms with E-state index < -0.39 is 0 Å². The molecule has 1 saturated carbocycles. The molecule has 2 N–H and O–H groups in total. The Hall–Kier alpha value is -1.34. The summed E-state index contributed by atoms with van der Waals surface area (Å²) in [5.41, 5.74) is 3.77. The van der Waals surface area contributed by atoms with Crippen LogP contribution in [0.25, 0.3) is 0 Å². The molecule has 5 nitrogen and oxygen atoms in total. The van der Waals surface area contributed by atoms with Crippen LogP contribution in [0.2, 0.25) is 0 Å². The molecule has 0 spiro atoms. The highest BCUT2D eigenvalue weighted by atomic mass is 79.9. The molecular weight excluding hydrogens is 366 g/mol. The Kier molecular flexibility index (Phi) is 5.15. The van der Waals surface area contributed by atoms with Gasteiger partial charge >= 0.3 is 0 Å². The Morgan fingerprint density at radius 2 is 1.95 bits per heavy atom. The average Bonchev–Trinajstić information content (AvgIpc) is 2.95. The lowest BCUT2D eigenvalue weighted by Crippen LogP contribution is -2.40. The second kappa shape index (κ2) is 7.28. The van der Waals surface area contributed by atoms with E-state index in [0.717, 1.165) is 21.5 Å². The molecule has 1 aromatic rings. The first-order valence-electron chi connectivity index (χ1n) is 7.41. The summed E-state index contributed by atoms with van der Waals surface area (Å²) < 4.78 is 11.6. The summed E-state index contributed by atoms with van der Waals surface area (Å²) in [6.07, 6.45) is 7.94. The van der Waals surface area contributed by atoms with E-state index in [2.05, 4.69) is 31.8 Å². The van der Waals surface area contributed by atoms with Gasteiger partial charge in [-0.1, -0.05) is 19.3 Å². The van der Waals surface area contributed by atoms with Crippen LogP contribution in [0.15, 0.2) is 21.7 Å². The molecule has 0 bridgehead atoms. The predicted octanol–water partition coefficient (Wildman–Crippen LogP) is 3.31. The van der Waals surface area contributed by atoms with Crippen molar-refractivity contribution < 1.29 is 9.47 Å². The monoisotopic (exact) mass is 383 g/mol. The lowest BCUT2D eigenvalue weighted by Gasteiger charge is -2.23. The lowest BCUT2D eigenvalue weighted by atomic mass is 9.96. The minimum atomic E-state index is 0.260. The number of rotatable bonds is 3. The number of hydrogen-bond acceptors (Lipinski definition) is 4. The fourth-order valence-electron chi connectivity index (χ4n) is 2.66. The Bertz CT molecular complexity index is 588. The van der Waals surface area contributed by atoms with Gasteiger partial charge in [-0.05, 0) is 53.1 Å². The molecule has 1 aliphatic carbocycles. The first-order valence-corrected chi connectivity index (χ1v) is 8.61. The van der Waals surface area contributed by atoms with E-state index in [1.54, 1.807) is 6.21 Å². The molecule has 2 aliphatic rings. The summed E-state index contributed by atoms with van der Waals surface area (Å²) in [5.74, 6) is 1.47. The third kappa shape index (κ3) is 3.89. The van der Waals surface area contributed by atoms with E-state index in [4.69, 9.17) is 21.7 Å². The number of nitrogens with one attached hydrogen (secondary N) is 2. The zero-order valence-corrected chi connectivity index (χ0v) is 14.5. The molecular formula is C15H18BrN3O2S. The van der Waals surface area contributed by atoms with E-state index in [1.165, 1.54) is 32.1 Å². The maximum atomic E-state index is 5.36. The topological polar surface area (TPSA) is 54.9 Å². The van der Waals surface area contributed by atoms with E-state index in [1.807, 2.05) is 12.1 Å². The average molecular weight is 384 g/mol. The fourth-order valence-corrected chi connectivity index (χ4v) is 3.30. The summed E-state index contributed by atoms with van der Waals surface area (Å²) in [7, 11) is 0. The number of nitrogens with zero attached hydrogens (tertiary/aromatic N) is 1. The summed E-state index contributed by atoms with van der Waals surface area (Å²) in [6.45, 7) is 0.260. The van der Waals surface area contributed by atoms with Crippen LogP contribution in [0.4, 0.5) is 0 Å². The fraction of sp³-hybridized carbons (Fsp3) is 0.467. The van der Waals surface area contributed by atoms with Crippen molar-refractivity contribution in [1.82, 2.24) is 10.7 Å². The van der Waals surface area contributed by atoms with E-state index in [0.29, 0.717) is 11.2 Å². The van der Waals surface area contributed by atoms with Crippen molar-refractivity contribution in [3.63, 3.8) is 0 Å². The van der Waals surface area contributed by atoms with Crippen molar-refractivity contribution in [2.24, 2.45) is 5.10 Å². The largest absolute Gasteiger partial charge is 0.454 e. The van der Waals surface area contributed by atoms with Gasteiger partial charge in [-0.15, -0.1) is 0 Å². The van der Waals surface area contributed by atoms with Crippen molar-refractivity contribution in [2.75, 3.05) is 6.79 Å². The first-order chi connectivity index (χ1) is 10.7. The third-order valence-electron chi connectivity index (χ3n) is 3.80. The highest BCUT2D eigenvalue weighted by Crippen LogP contribution is 2.36. The Labute approximate surface area is 143 Å². The standard InChI is InChI=1S/C15H18BrN3O2S/c16-12-7-14-13(20-9-21-14)6-10(12)8-17-19-15(22)18-11-4-2-1-3-5-11/h6-8,11H,1-5,9H2,(H2,18,19,22)/b17-8-. The van der Waals surface area contributed by atoms with Crippen LogP contribution in [0.1, 0.15) is 37.7 Å². The van der Waals surface area contributed by atoms with Gasteiger partial charge in [0, 0.05) is 16.1 Å². The molecule has 1 aliphatic heterocycles. The van der Waals surface area contributed by atoms with Crippen LogP contribution in [-0.2, 0) is 0 Å². The molecule has 0 atom stereocenters. The van der Waals surface area contributed by atoms with Gasteiger partial charge in [0.25, 0.3) is 0 Å². The molecule has 7 heteroatoms. The van der Waals surface area contributed by atoms with Crippen molar-refractivity contribution in [1.29, 1.82) is 0 Å². The molecule has 0 radical (unpaired) electrons. The van der Waals surface area contributed by atoms with Crippen LogP contribution < -0.4 is 20.2 Å². The summed E-state index contributed by atoms with van der Waals surface area (Å²) in [6, 6.07) is 4.23. The van der Waals surface area contributed by atoms with Crippen molar-refractivity contribution in [3.8, 4) is 11.5 Å². The molecule has 0 unspecified atom stereocenters. The number of hydrogen-bond donors (Lipinski definition) is 2. The summed E-state index contributed by atoms with van der Waals surface area (Å²) in [4.78, 5) is 0. The molecule has 0 saturated heterocycles. The van der Waals surface area contributed by atoms with Crippen LogP contribution in [0.5, 0.6) is 11.5 Å². The van der Waals surface area contributed by atoms with Gasteiger partial charge in [0.05, 0.1) is 6.21 Å². The maximum absolute atomic E-state index is 5.36. The van der Waals surface area contributed by atoms with E-state index >= 15 is 0 Å². The second-order valence-electron chi connectivity index (χ2n) is 5.41. The highest BCUT2D eigenvalue weighted by Gasteiger charge is 2.16. The number of hydrazone groups is 1. The Morgan fingerprint density at radius 1 is 1.23 bits per heavy atom. The molecule has 0 aromatic heterocycles. The predicted molar refractivity (Wildman–Crippen MR) is 93.6 cm³/mol. The Balaban J connectivity index is 1.54. The SMILES string of the molecule is S=C(N/N=C\c1cc2c(cc1Br)OCO2)NC1CCCCC1. The number of thiocarbonyl (C=S) groups is 1. The minimum absolute atomic E-state index is 0.260. The van der Waals surface area contributed by atoms with Gasteiger partial charge in [0.15, 0.2) is 16.6 Å². The van der Waals surface area contributed by atoms with Gasteiger partial charge in [0.2, 0.25) is 6.79 Å². The van der Waals surface area contributed by atoms with E-state index in [9.17, 15) is 0 Å². The van der Waals surface area contributed by atoms with Crippen LogP contribution >= 0.6 is 28.1 Å². The van der Waals surface area contributed by atoms with Crippen LogP contribution in [-0.4, -0.2) is 24.2 Å². The summed E-state index contributed by atoms with van der Waals surface area (Å²) >= 11 is 8.76. The van der Waals surface area contributed by atoms with Gasteiger partial charge in [-0.2, -0.15) is 5.10 Å². The molecule has 22 heavy (non-hydrogen) atoms. The van der Waals surface area contributed by atoms with Crippen molar-refractivity contribution in [3.05, 3.63) is 22.2 Å². The molecule has 1 aromatic carbocycles. The normalized spacial score (nSPS) is 17.7. The molecule has 1 heterocycles. The van der Waals surface area contributed by atoms with Crippen molar-refractivity contribution >= 4 is 39.5 Å². The van der Waals surface area contributed by atoms with Gasteiger partial charge in [0.1, 0.15) is 0 Å². The Morgan fingerprint density at radius 3 is 2.73 bits per heavy atom. The van der Waals surface area contributed by atoms with Crippen molar-refractivity contribution in [2.45, 2.75) is 38.1 Å². The quantitative estimate of drug-likeness (QED) is 0.476. The van der Waals surface area contributed by atoms with Gasteiger partial charge < -0.3 is 14.8 Å². The van der Waals surface area contributed by atoms with Gasteiger partial charge in [-0.3, -0.25) is 5.43 Å². The maximum Gasteiger partial charge on any atom is 0.231 e. The number of ether oxygens (including phenoxy) is 2. The number of halogens is 1. The summed E-state index contributed by atoms with van der Waals surface area (Å²) in [5, 5.41) is 8.07. The molecule has 0 amide bonds. The zero-order valence-electron chi connectivity index (χ0n) is 12.1. The van der Waals surface area contributed by atoms with Gasteiger partial charge in [-0.25, -0.2) is 0 Å². The second-order valence-corrected chi connectivity index (χ2v) is 6.67. The molecule has 1 fully saturated rings. The smallest absolute Gasteiger partial charge is 0.231 e. The first kappa shape index (κ1) is 15.6. The lowest BCUT2D eigenvalue weighted by molar-refractivity contribution is 0.174. The molecule has 3 rings (SSSR count). The highest BCUT2D eigenvalue weighted by molar-refractivity contribution is 9.10. The number of benzene rings is 1. The third-order valence-corrected chi connectivity index (χ3v) is 4.70. The van der Waals surface area contributed by atoms with Crippen LogP contribution in [0.3, 0.4) is 0 Å². The zero-order chi connectivity index (χ0) is 15.4. The van der Waals surface area contributed by atoms with E-state index in [-0.39, 0.29) is 6.79 Å².